The molecular weight excluding hydrogens is 336 g/mol. The SMILES string of the molecule is CC1CCN(C(=O)c2ccccc2NC(=O)CCCc2ccccc2)CC1. The molecule has 4 nitrogen and oxygen atoms in total. The molecule has 2 amide bonds. The number of anilines is 1. The third-order valence-electron chi connectivity index (χ3n) is 5.21. The fraction of sp³-hybridized carbons (Fsp3) is 0.391. The maximum atomic E-state index is 12.9. The quantitative estimate of drug-likeness (QED) is 0.819. The molecule has 1 aliphatic heterocycles. The fourth-order valence-corrected chi connectivity index (χ4v) is 3.47. The predicted molar refractivity (Wildman–Crippen MR) is 109 cm³/mol. The van der Waals surface area contributed by atoms with Crippen LogP contribution in [0.25, 0.3) is 0 Å². The Hall–Kier alpha value is -2.62. The summed E-state index contributed by atoms with van der Waals surface area (Å²) in [7, 11) is 0. The predicted octanol–water partition coefficient (Wildman–Crippen LogP) is 4.52. The van der Waals surface area contributed by atoms with Gasteiger partial charge < -0.3 is 10.2 Å². The first-order valence-electron chi connectivity index (χ1n) is 9.85. The number of nitrogens with zero attached hydrogens (tertiary/aromatic N) is 1. The minimum atomic E-state index is -0.0431. The molecule has 27 heavy (non-hydrogen) atoms. The topological polar surface area (TPSA) is 49.4 Å². The molecule has 0 atom stereocenters. The van der Waals surface area contributed by atoms with Gasteiger partial charge in [0, 0.05) is 19.5 Å². The molecule has 0 saturated carbocycles. The van der Waals surface area contributed by atoms with Gasteiger partial charge in [0.1, 0.15) is 0 Å². The van der Waals surface area contributed by atoms with E-state index in [1.807, 2.05) is 41.3 Å². The summed E-state index contributed by atoms with van der Waals surface area (Å²) in [5, 5.41) is 2.94. The number of nitrogens with one attached hydrogen (secondary N) is 1. The molecular formula is C23H28N2O2. The van der Waals surface area contributed by atoms with Gasteiger partial charge in [-0.2, -0.15) is 0 Å². The van der Waals surface area contributed by atoms with Gasteiger partial charge in [-0.25, -0.2) is 0 Å². The van der Waals surface area contributed by atoms with Crippen molar-refractivity contribution in [3.63, 3.8) is 0 Å². The maximum absolute atomic E-state index is 12.9. The zero-order valence-electron chi connectivity index (χ0n) is 16.0. The average molecular weight is 364 g/mol. The van der Waals surface area contributed by atoms with Crippen LogP contribution in [0, 0.1) is 5.92 Å². The Balaban J connectivity index is 1.56. The van der Waals surface area contributed by atoms with Crippen molar-refractivity contribution in [3.8, 4) is 0 Å². The number of benzene rings is 2. The van der Waals surface area contributed by atoms with Gasteiger partial charge in [0.15, 0.2) is 0 Å². The zero-order chi connectivity index (χ0) is 19.1. The lowest BCUT2D eigenvalue weighted by molar-refractivity contribution is -0.116. The van der Waals surface area contributed by atoms with Crippen LogP contribution in [0.2, 0.25) is 0 Å². The number of likely N-dealkylation sites (tertiary alicyclic amines) is 1. The van der Waals surface area contributed by atoms with Crippen molar-refractivity contribution in [2.24, 2.45) is 5.92 Å². The number of rotatable bonds is 6. The summed E-state index contributed by atoms with van der Waals surface area (Å²) in [6, 6.07) is 17.5. The van der Waals surface area contributed by atoms with Crippen molar-refractivity contribution in [1.82, 2.24) is 4.90 Å². The Morgan fingerprint density at radius 3 is 2.41 bits per heavy atom. The molecule has 0 aliphatic carbocycles. The Labute approximate surface area is 161 Å². The number of para-hydroxylation sites is 1. The van der Waals surface area contributed by atoms with Crippen molar-refractivity contribution in [3.05, 3.63) is 65.7 Å². The van der Waals surface area contributed by atoms with Crippen molar-refractivity contribution in [1.29, 1.82) is 0 Å². The second-order valence-corrected chi connectivity index (χ2v) is 7.41. The Kier molecular flexibility index (Phi) is 6.64. The lowest BCUT2D eigenvalue weighted by Crippen LogP contribution is -2.38. The molecule has 1 N–H and O–H groups in total. The monoisotopic (exact) mass is 364 g/mol. The summed E-state index contributed by atoms with van der Waals surface area (Å²) < 4.78 is 0. The van der Waals surface area contributed by atoms with Gasteiger partial charge in [0.05, 0.1) is 11.3 Å². The Morgan fingerprint density at radius 2 is 1.67 bits per heavy atom. The summed E-state index contributed by atoms with van der Waals surface area (Å²) in [5.74, 6) is 0.647. The van der Waals surface area contributed by atoms with Crippen LogP contribution in [0.1, 0.15) is 48.5 Å². The van der Waals surface area contributed by atoms with E-state index in [1.165, 1.54) is 5.56 Å². The second kappa shape index (κ2) is 9.36. The summed E-state index contributed by atoms with van der Waals surface area (Å²) in [6.07, 6.45) is 4.19. The number of piperidine rings is 1. The largest absolute Gasteiger partial charge is 0.339 e. The van der Waals surface area contributed by atoms with E-state index in [9.17, 15) is 9.59 Å². The lowest BCUT2D eigenvalue weighted by Gasteiger charge is -2.30. The van der Waals surface area contributed by atoms with Gasteiger partial charge >= 0.3 is 0 Å². The number of carbonyl (C=O) groups is 2. The van der Waals surface area contributed by atoms with Crippen LogP contribution < -0.4 is 5.32 Å². The molecule has 4 heteroatoms. The number of amides is 2. The van der Waals surface area contributed by atoms with Crippen molar-refractivity contribution < 1.29 is 9.59 Å². The second-order valence-electron chi connectivity index (χ2n) is 7.41. The molecule has 0 spiro atoms. The van der Waals surface area contributed by atoms with Crippen LogP contribution in [0.15, 0.2) is 54.6 Å². The molecule has 0 aromatic heterocycles. The summed E-state index contributed by atoms with van der Waals surface area (Å²) in [5.41, 5.74) is 2.44. The molecule has 2 aromatic rings. The van der Waals surface area contributed by atoms with Crippen molar-refractivity contribution in [2.45, 2.75) is 39.0 Å². The normalized spacial score (nSPS) is 14.8. The average Bonchev–Trinajstić information content (AvgIpc) is 2.69. The van der Waals surface area contributed by atoms with Gasteiger partial charge in [-0.05, 0) is 49.3 Å². The molecule has 0 radical (unpaired) electrons. The van der Waals surface area contributed by atoms with Crippen LogP contribution in [0.4, 0.5) is 5.69 Å². The highest BCUT2D eigenvalue weighted by atomic mass is 16.2. The molecule has 0 unspecified atom stereocenters. The smallest absolute Gasteiger partial charge is 0.255 e. The summed E-state index contributed by atoms with van der Waals surface area (Å²) in [4.78, 5) is 27.1. The molecule has 142 valence electrons. The first-order valence-corrected chi connectivity index (χ1v) is 9.85. The highest BCUT2D eigenvalue weighted by Crippen LogP contribution is 2.22. The minimum absolute atomic E-state index is 0.0158. The standard InChI is InChI=1S/C23H28N2O2/c1-18-14-16-25(17-15-18)23(27)20-11-5-6-12-21(20)24-22(26)13-7-10-19-8-3-2-4-9-19/h2-6,8-9,11-12,18H,7,10,13-17H2,1H3,(H,24,26). The van der Waals surface area contributed by atoms with E-state index in [0.717, 1.165) is 38.8 Å². The number of aryl methyl sites for hydroxylation is 1. The van der Waals surface area contributed by atoms with Crippen LogP contribution in [-0.4, -0.2) is 29.8 Å². The van der Waals surface area contributed by atoms with E-state index in [2.05, 4.69) is 24.4 Å². The van der Waals surface area contributed by atoms with Crippen LogP contribution in [0.5, 0.6) is 0 Å². The summed E-state index contributed by atoms with van der Waals surface area (Å²) in [6.45, 7) is 3.81. The van der Waals surface area contributed by atoms with Gasteiger partial charge in [0.25, 0.3) is 5.91 Å². The van der Waals surface area contributed by atoms with Crippen LogP contribution in [-0.2, 0) is 11.2 Å². The van der Waals surface area contributed by atoms with E-state index < -0.39 is 0 Å². The molecule has 2 aromatic carbocycles. The van der Waals surface area contributed by atoms with Crippen LogP contribution in [0.3, 0.4) is 0 Å². The highest BCUT2D eigenvalue weighted by Gasteiger charge is 2.23. The van der Waals surface area contributed by atoms with Crippen LogP contribution >= 0.6 is 0 Å². The van der Waals surface area contributed by atoms with E-state index in [-0.39, 0.29) is 11.8 Å². The molecule has 1 aliphatic rings. The first-order chi connectivity index (χ1) is 13.1. The lowest BCUT2D eigenvalue weighted by atomic mass is 9.98. The van der Waals surface area contributed by atoms with E-state index in [4.69, 9.17) is 0 Å². The van der Waals surface area contributed by atoms with Gasteiger partial charge in [0.2, 0.25) is 5.91 Å². The van der Waals surface area contributed by atoms with Gasteiger partial charge in [-0.1, -0.05) is 49.4 Å². The van der Waals surface area contributed by atoms with Gasteiger partial charge in [-0.3, -0.25) is 9.59 Å². The van der Waals surface area contributed by atoms with Crippen molar-refractivity contribution in [2.75, 3.05) is 18.4 Å². The first kappa shape index (κ1) is 19.2. The fourth-order valence-electron chi connectivity index (χ4n) is 3.47. The third-order valence-corrected chi connectivity index (χ3v) is 5.21. The van der Waals surface area contributed by atoms with E-state index >= 15 is 0 Å². The van der Waals surface area contributed by atoms with Gasteiger partial charge in [-0.15, -0.1) is 0 Å². The number of carbonyl (C=O) groups excluding carboxylic acids is 2. The highest BCUT2D eigenvalue weighted by molar-refractivity contribution is 6.03. The van der Waals surface area contributed by atoms with E-state index in [0.29, 0.717) is 23.6 Å². The maximum Gasteiger partial charge on any atom is 0.255 e. The molecule has 1 fully saturated rings. The molecule has 3 rings (SSSR count). The third kappa shape index (κ3) is 5.43. The number of hydrogen-bond donors (Lipinski definition) is 1. The van der Waals surface area contributed by atoms with E-state index in [1.54, 1.807) is 6.07 Å². The zero-order valence-corrected chi connectivity index (χ0v) is 16.0. The number of hydrogen-bond acceptors (Lipinski definition) is 2. The Bertz CT molecular complexity index is 765. The van der Waals surface area contributed by atoms with Crippen molar-refractivity contribution >= 4 is 17.5 Å². The minimum Gasteiger partial charge on any atom is -0.339 e. The summed E-state index contributed by atoms with van der Waals surface area (Å²) >= 11 is 0. The molecule has 1 saturated heterocycles. The molecule has 0 bridgehead atoms. The Morgan fingerprint density at radius 1 is 1.00 bits per heavy atom. The molecule has 1 heterocycles.